The third kappa shape index (κ3) is 3.38. The van der Waals surface area contributed by atoms with Gasteiger partial charge in [-0.2, -0.15) is 5.10 Å². The van der Waals surface area contributed by atoms with Gasteiger partial charge in [0.2, 0.25) is 5.88 Å². The van der Waals surface area contributed by atoms with E-state index in [2.05, 4.69) is 41.9 Å². The van der Waals surface area contributed by atoms with E-state index in [0.717, 1.165) is 16.8 Å². The Labute approximate surface area is 162 Å². The molecule has 0 fully saturated rings. The Morgan fingerprint density at radius 2 is 1.81 bits per heavy atom. The van der Waals surface area contributed by atoms with Crippen LogP contribution in [0.2, 0.25) is 5.02 Å². The molecule has 0 amide bonds. The minimum atomic E-state index is 0.474. The molecule has 5 nitrogen and oxygen atoms in total. The van der Waals surface area contributed by atoms with E-state index < -0.39 is 0 Å². The first-order valence-electron chi connectivity index (χ1n) is 8.76. The van der Waals surface area contributed by atoms with Crippen molar-refractivity contribution in [1.29, 1.82) is 0 Å². The van der Waals surface area contributed by atoms with E-state index in [4.69, 9.17) is 16.3 Å². The zero-order valence-corrected chi connectivity index (χ0v) is 16.1. The summed E-state index contributed by atoms with van der Waals surface area (Å²) >= 11 is 5.97. The number of hydrogen-bond acceptors (Lipinski definition) is 4. The molecule has 6 heteroatoms. The fraction of sp³-hybridized carbons (Fsp3) is 0.190. The van der Waals surface area contributed by atoms with Crippen LogP contribution in [0.4, 0.5) is 0 Å². The molecule has 2 aromatic carbocycles. The van der Waals surface area contributed by atoms with Crippen molar-refractivity contribution in [3.63, 3.8) is 0 Å². The van der Waals surface area contributed by atoms with Gasteiger partial charge in [0, 0.05) is 5.02 Å². The maximum Gasteiger partial charge on any atom is 0.233 e. The molecule has 0 N–H and O–H groups in total. The number of ether oxygens (including phenoxy) is 1. The summed E-state index contributed by atoms with van der Waals surface area (Å²) in [5, 5.41) is 5.87. The van der Waals surface area contributed by atoms with Crippen LogP contribution in [-0.2, 0) is 0 Å². The Balaban J connectivity index is 1.71. The highest BCUT2D eigenvalue weighted by Gasteiger charge is 2.13. The number of aryl methyl sites for hydroxylation is 1. The number of halogens is 1. The Bertz CT molecular complexity index is 1100. The minimum absolute atomic E-state index is 0.474. The molecule has 0 aliphatic carbocycles. The molecule has 136 valence electrons. The molecule has 0 saturated carbocycles. The molecule has 27 heavy (non-hydrogen) atoms. The van der Waals surface area contributed by atoms with Gasteiger partial charge in [-0.15, -0.1) is 0 Å². The molecule has 0 radical (unpaired) electrons. The van der Waals surface area contributed by atoms with Gasteiger partial charge in [0.25, 0.3) is 0 Å². The van der Waals surface area contributed by atoms with E-state index in [1.807, 2.05) is 36.4 Å². The van der Waals surface area contributed by atoms with Gasteiger partial charge in [-0.1, -0.05) is 31.5 Å². The second-order valence-electron chi connectivity index (χ2n) is 6.72. The lowest BCUT2D eigenvalue weighted by molar-refractivity contribution is 0.467. The van der Waals surface area contributed by atoms with Gasteiger partial charge < -0.3 is 4.74 Å². The Morgan fingerprint density at radius 1 is 1.04 bits per heavy atom. The van der Waals surface area contributed by atoms with E-state index in [-0.39, 0.29) is 0 Å². The fourth-order valence-electron chi connectivity index (χ4n) is 3.15. The van der Waals surface area contributed by atoms with Gasteiger partial charge in [0.15, 0.2) is 5.65 Å². The van der Waals surface area contributed by atoms with Crippen LogP contribution < -0.4 is 4.74 Å². The zero-order chi connectivity index (χ0) is 19.0. The van der Waals surface area contributed by atoms with Crippen LogP contribution in [0.25, 0.3) is 16.7 Å². The smallest absolute Gasteiger partial charge is 0.233 e. The predicted octanol–water partition coefficient (Wildman–Crippen LogP) is 5.69. The zero-order valence-electron chi connectivity index (χ0n) is 15.3. The third-order valence-electron chi connectivity index (χ3n) is 4.48. The highest BCUT2D eigenvalue weighted by Crippen LogP contribution is 2.30. The van der Waals surface area contributed by atoms with Crippen molar-refractivity contribution >= 4 is 22.6 Å². The number of aromatic nitrogens is 4. The normalized spacial score (nSPS) is 11.3. The van der Waals surface area contributed by atoms with Crippen molar-refractivity contribution in [2.45, 2.75) is 26.7 Å². The molecule has 0 spiro atoms. The monoisotopic (exact) mass is 378 g/mol. The number of hydrogen-bond donors (Lipinski definition) is 0. The first-order chi connectivity index (χ1) is 13.0. The average Bonchev–Trinajstić information content (AvgIpc) is 3.07. The third-order valence-corrected chi connectivity index (χ3v) is 4.73. The second kappa shape index (κ2) is 7.00. The van der Waals surface area contributed by atoms with Crippen LogP contribution in [0.1, 0.15) is 30.9 Å². The molecule has 0 aliphatic rings. The van der Waals surface area contributed by atoms with E-state index in [9.17, 15) is 0 Å². The second-order valence-corrected chi connectivity index (χ2v) is 7.16. The number of rotatable bonds is 4. The summed E-state index contributed by atoms with van der Waals surface area (Å²) in [5.41, 5.74) is 4.06. The molecule has 0 saturated heterocycles. The van der Waals surface area contributed by atoms with Gasteiger partial charge in [0.05, 0.1) is 11.9 Å². The summed E-state index contributed by atoms with van der Waals surface area (Å²) in [5.74, 6) is 1.70. The van der Waals surface area contributed by atoms with Gasteiger partial charge in [-0.3, -0.25) is 0 Å². The summed E-state index contributed by atoms with van der Waals surface area (Å²) in [7, 11) is 0. The minimum Gasteiger partial charge on any atom is -0.438 e. The summed E-state index contributed by atoms with van der Waals surface area (Å²) in [6, 6.07) is 13.5. The standard InChI is InChI=1S/C21H19ClN4O/c1-13(2)18-9-8-17(10-14(18)3)27-21-19-11-25-26(20(19)23-12-24-21)16-6-4-15(22)5-7-16/h4-13H,1-3H3. The first kappa shape index (κ1) is 17.5. The molecule has 0 bridgehead atoms. The molecule has 0 aliphatic heterocycles. The fourth-order valence-corrected chi connectivity index (χ4v) is 3.27. The molecule has 2 heterocycles. The van der Waals surface area contributed by atoms with Crippen molar-refractivity contribution in [1.82, 2.24) is 19.7 Å². The van der Waals surface area contributed by atoms with E-state index in [1.54, 1.807) is 10.9 Å². The molecule has 4 rings (SSSR count). The topological polar surface area (TPSA) is 52.8 Å². The molecule has 4 aromatic rings. The van der Waals surface area contributed by atoms with Crippen molar-refractivity contribution in [3.8, 4) is 17.3 Å². The maximum atomic E-state index is 6.05. The average molecular weight is 379 g/mol. The van der Waals surface area contributed by atoms with E-state index in [1.165, 1.54) is 17.5 Å². The van der Waals surface area contributed by atoms with Crippen LogP contribution in [-0.4, -0.2) is 19.7 Å². The SMILES string of the molecule is Cc1cc(Oc2ncnc3c2cnn3-c2ccc(Cl)cc2)ccc1C(C)C. The first-order valence-corrected chi connectivity index (χ1v) is 9.14. The molecule has 0 unspecified atom stereocenters. The van der Waals surface area contributed by atoms with E-state index >= 15 is 0 Å². The maximum absolute atomic E-state index is 6.05. The lowest BCUT2D eigenvalue weighted by Gasteiger charge is -2.12. The van der Waals surface area contributed by atoms with Gasteiger partial charge in [0.1, 0.15) is 17.5 Å². The quantitative estimate of drug-likeness (QED) is 0.457. The number of benzene rings is 2. The Kier molecular flexibility index (Phi) is 4.54. The summed E-state index contributed by atoms with van der Waals surface area (Å²) in [6.45, 7) is 6.46. The van der Waals surface area contributed by atoms with Crippen molar-refractivity contribution in [2.75, 3.05) is 0 Å². The van der Waals surface area contributed by atoms with Crippen LogP contribution in [0.5, 0.6) is 11.6 Å². The molecule has 2 aromatic heterocycles. The molecule has 0 atom stereocenters. The summed E-state index contributed by atoms with van der Waals surface area (Å²) in [4.78, 5) is 8.68. The van der Waals surface area contributed by atoms with Crippen LogP contribution in [0, 0.1) is 6.92 Å². The lowest BCUT2D eigenvalue weighted by Crippen LogP contribution is -1.98. The summed E-state index contributed by atoms with van der Waals surface area (Å²) < 4.78 is 7.79. The van der Waals surface area contributed by atoms with E-state index in [0.29, 0.717) is 22.5 Å². The highest BCUT2D eigenvalue weighted by molar-refractivity contribution is 6.30. The number of fused-ring (bicyclic) bond motifs is 1. The Morgan fingerprint density at radius 3 is 2.52 bits per heavy atom. The predicted molar refractivity (Wildman–Crippen MR) is 107 cm³/mol. The molecular weight excluding hydrogens is 360 g/mol. The highest BCUT2D eigenvalue weighted by atomic mass is 35.5. The summed E-state index contributed by atoms with van der Waals surface area (Å²) in [6.07, 6.45) is 3.20. The van der Waals surface area contributed by atoms with Crippen molar-refractivity contribution in [2.24, 2.45) is 0 Å². The number of nitrogens with zero attached hydrogens (tertiary/aromatic N) is 4. The van der Waals surface area contributed by atoms with Crippen LogP contribution in [0.15, 0.2) is 55.0 Å². The van der Waals surface area contributed by atoms with Gasteiger partial charge >= 0.3 is 0 Å². The largest absolute Gasteiger partial charge is 0.438 e. The van der Waals surface area contributed by atoms with Crippen LogP contribution in [0.3, 0.4) is 0 Å². The molecular formula is C21H19ClN4O. The van der Waals surface area contributed by atoms with Crippen molar-refractivity contribution < 1.29 is 4.74 Å². The lowest BCUT2D eigenvalue weighted by atomic mass is 9.98. The van der Waals surface area contributed by atoms with Gasteiger partial charge in [-0.25, -0.2) is 14.6 Å². The van der Waals surface area contributed by atoms with Crippen LogP contribution >= 0.6 is 11.6 Å². The Hall–Kier alpha value is -2.92. The van der Waals surface area contributed by atoms with Crippen molar-refractivity contribution in [3.05, 3.63) is 71.1 Å². The van der Waals surface area contributed by atoms with Gasteiger partial charge in [-0.05, 0) is 60.4 Å².